The summed E-state index contributed by atoms with van der Waals surface area (Å²) < 4.78 is 5.65. The second-order valence-corrected chi connectivity index (χ2v) is 5.15. The van der Waals surface area contributed by atoms with Gasteiger partial charge in [0.1, 0.15) is 11.5 Å². The van der Waals surface area contributed by atoms with Crippen molar-refractivity contribution >= 4 is 11.8 Å². The molecule has 0 aromatic heterocycles. The number of amides is 2. The zero-order valence-electron chi connectivity index (χ0n) is 13.0. The van der Waals surface area contributed by atoms with Gasteiger partial charge in [0.15, 0.2) is 0 Å². The predicted octanol–water partition coefficient (Wildman–Crippen LogP) is 2.86. The molecule has 0 unspecified atom stereocenters. The minimum Gasteiger partial charge on any atom is -0.457 e. The summed E-state index contributed by atoms with van der Waals surface area (Å²) in [4.78, 5) is 23.7. The second-order valence-electron chi connectivity index (χ2n) is 5.15. The number of nitrogens with two attached hydrogens (primary N) is 1. The maximum absolute atomic E-state index is 12.0. The van der Waals surface area contributed by atoms with Gasteiger partial charge in [-0.05, 0) is 42.8 Å². The standard InChI is InChI=1S/C18H20N2O3/c1-2-6-16(19)18(22)20-17(21)13-9-11-15(12-10-13)23-14-7-4-3-5-8-14/h3-5,7-12,16H,2,6,19H2,1H3,(H,20,21,22)/t16-/m0/s1. The van der Waals surface area contributed by atoms with Crippen LogP contribution in [0.1, 0.15) is 30.1 Å². The van der Waals surface area contributed by atoms with Gasteiger partial charge in [-0.15, -0.1) is 0 Å². The van der Waals surface area contributed by atoms with E-state index in [1.54, 1.807) is 24.3 Å². The highest BCUT2D eigenvalue weighted by molar-refractivity contribution is 6.06. The van der Waals surface area contributed by atoms with Gasteiger partial charge in [0.25, 0.3) is 5.91 Å². The number of nitrogens with one attached hydrogen (secondary N) is 1. The van der Waals surface area contributed by atoms with Crippen molar-refractivity contribution in [2.24, 2.45) is 5.73 Å². The lowest BCUT2D eigenvalue weighted by Crippen LogP contribution is -2.43. The van der Waals surface area contributed by atoms with E-state index in [1.165, 1.54) is 0 Å². The van der Waals surface area contributed by atoms with Crippen molar-refractivity contribution in [2.75, 3.05) is 0 Å². The van der Waals surface area contributed by atoms with E-state index in [9.17, 15) is 9.59 Å². The molecule has 120 valence electrons. The van der Waals surface area contributed by atoms with Gasteiger partial charge in [0, 0.05) is 5.56 Å². The molecule has 5 heteroatoms. The van der Waals surface area contributed by atoms with Crippen molar-refractivity contribution < 1.29 is 14.3 Å². The van der Waals surface area contributed by atoms with E-state index in [1.807, 2.05) is 37.3 Å². The molecule has 0 aliphatic carbocycles. The summed E-state index contributed by atoms with van der Waals surface area (Å²) in [6.45, 7) is 1.93. The first-order valence-electron chi connectivity index (χ1n) is 7.54. The smallest absolute Gasteiger partial charge is 0.257 e. The minimum atomic E-state index is -0.662. The number of rotatable bonds is 6. The number of ether oxygens (including phenoxy) is 1. The number of benzene rings is 2. The molecule has 0 aliphatic rings. The molecule has 2 amide bonds. The summed E-state index contributed by atoms with van der Waals surface area (Å²) in [7, 11) is 0. The van der Waals surface area contributed by atoms with Crippen LogP contribution >= 0.6 is 0 Å². The third-order valence-electron chi connectivity index (χ3n) is 3.27. The first kappa shape index (κ1) is 16.7. The van der Waals surface area contributed by atoms with Crippen LogP contribution in [0.2, 0.25) is 0 Å². The molecule has 0 radical (unpaired) electrons. The van der Waals surface area contributed by atoms with Crippen molar-refractivity contribution in [1.29, 1.82) is 0 Å². The average Bonchev–Trinajstić information content (AvgIpc) is 2.56. The fourth-order valence-corrected chi connectivity index (χ4v) is 2.02. The highest BCUT2D eigenvalue weighted by atomic mass is 16.5. The van der Waals surface area contributed by atoms with E-state index in [0.717, 1.165) is 6.42 Å². The summed E-state index contributed by atoms with van der Waals surface area (Å²) in [5.41, 5.74) is 6.06. The molecule has 2 aromatic carbocycles. The van der Waals surface area contributed by atoms with Gasteiger partial charge < -0.3 is 10.5 Å². The molecule has 2 rings (SSSR count). The van der Waals surface area contributed by atoms with Gasteiger partial charge in [0.2, 0.25) is 5.91 Å². The highest BCUT2D eigenvalue weighted by Crippen LogP contribution is 2.21. The molecule has 5 nitrogen and oxygen atoms in total. The summed E-state index contributed by atoms with van der Waals surface area (Å²) in [5.74, 6) is 0.404. The molecule has 1 atom stereocenters. The largest absolute Gasteiger partial charge is 0.457 e. The van der Waals surface area contributed by atoms with E-state index in [2.05, 4.69) is 5.32 Å². The summed E-state index contributed by atoms with van der Waals surface area (Å²) in [6.07, 6.45) is 1.33. The van der Waals surface area contributed by atoms with Crippen LogP contribution in [0.5, 0.6) is 11.5 Å². The Balaban J connectivity index is 1.96. The lowest BCUT2D eigenvalue weighted by atomic mass is 10.1. The summed E-state index contributed by atoms with van der Waals surface area (Å²) in [6, 6.07) is 15.2. The molecule has 0 bridgehead atoms. The van der Waals surface area contributed by atoms with E-state index in [-0.39, 0.29) is 0 Å². The maximum Gasteiger partial charge on any atom is 0.257 e. The Bertz CT molecular complexity index is 654. The molecule has 3 N–H and O–H groups in total. The monoisotopic (exact) mass is 312 g/mol. The summed E-state index contributed by atoms with van der Waals surface area (Å²) in [5, 5.41) is 2.31. The molecule has 0 heterocycles. The van der Waals surface area contributed by atoms with Gasteiger partial charge >= 0.3 is 0 Å². The molecule has 0 spiro atoms. The van der Waals surface area contributed by atoms with Crippen molar-refractivity contribution in [3.63, 3.8) is 0 Å². The van der Waals surface area contributed by atoms with Crippen molar-refractivity contribution in [3.05, 3.63) is 60.2 Å². The van der Waals surface area contributed by atoms with Gasteiger partial charge in [-0.1, -0.05) is 31.5 Å². The Morgan fingerprint density at radius 3 is 2.26 bits per heavy atom. The Kier molecular flexibility index (Phi) is 5.88. The number of carbonyl (C=O) groups is 2. The molecular weight excluding hydrogens is 292 g/mol. The zero-order chi connectivity index (χ0) is 16.7. The van der Waals surface area contributed by atoms with Gasteiger partial charge in [-0.3, -0.25) is 14.9 Å². The Morgan fingerprint density at radius 1 is 1.04 bits per heavy atom. The molecule has 0 fully saturated rings. The molecule has 2 aromatic rings. The number of carbonyl (C=O) groups excluding carboxylic acids is 2. The van der Waals surface area contributed by atoms with E-state index in [4.69, 9.17) is 10.5 Å². The second kappa shape index (κ2) is 8.10. The van der Waals surface area contributed by atoms with Crippen LogP contribution in [-0.4, -0.2) is 17.9 Å². The van der Waals surface area contributed by atoms with Crippen LogP contribution < -0.4 is 15.8 Å². The molecule has 0 saturated heterocycles. The fraction of sp³-hybridized carbons (Fsp3) is 0.222. The quantitative estimate of drug-likeness (QED) is 0.859. The normalized spacial score (nSPS) is 11.6. The van der Waals surface area contributed by atoms with Crippen LogP contribution in [-0.2, 0) is 4.79 Å². The Labute approximate surface area is 135 Å². The van der Waals surface area contributed by atoms with Crippen LogP contribution in [0.4, 0.5) is 0 Å². The lowest BCUT2D eigenvalue weighted by molar-refractivity contribution is -0.121. The van der Waals surface area contributed by atoms with Crippen LogP contribution in [0, 0.1) is 0 Å². The molecule has 23 heavy (non-hydrogen) atoms. The first-order chi connectivity index (χ1) is 11.1. The zero-order valence-corrected chi connectivity index (χ0v) is 13.0. The average molecular weight is 312 g/mol. The van der Waals surface area contributed by atoms with Crippen LogP contribution in [0.3, 0.4) is 0 Å². The highest BCUT2D eigenvalue weighted by Gasteiger charge is 2.16. The minimum absolute atomic E-state index is 0.377. The van der Waals surface area contributed by atoms with Gasteiger partial charge in [0.05, 0.1) is 6.04 Å². The van der Waals surface area contributed by atoms with Crippen LogP contribution in [0.15, 0.2) is 54.6 Å². The Hall–Kier alpha value is -2.66. The van der Waals surface area contributed by atoms with Crippen molar-refractivity contribution in [1.82, 2.24) is 5.32 Å². The summed E-state index contributed by atoms with van der Waals surface area (Å²) >= 11 is 0. The number of para-hydroxylation sites is 1. The van der Waals surface area contributed by atoms with Gasteiger partial charge in [-0.25, -0.2) is 0 Å². The maximum atomic E-state index is 12.0. The molecular formula is C18H20N2O3. The van der Waals surface area contributed by atoms with Crippen LogP contribution in [0.25, 0.3) is 0 Å². The number of imide groups is 1. The van der Waals surface area contributed by atoms with Crippen molar-refractivity contribution in [2.45, 2.75) is 25.8 Å². The SMILES string of the molecule is CCC[C@H](N)C(=O)NC(=O)c1ccc(Oc2ccccc2)cc1. The third kappa shape index (κ3) is 4.93. The third-order valence-corrected chi connectivity index (χ3v) is 3.27. The van der Waals surface area contributed by atoms with E-state index in [0.29, 0.717) is 23.5 Å². The topological polar surface area (TPSA) is 81.4 Å². The predicted molar refractivity (Wildman–Crippen MR) is 88.3 cm³/mol. The van der Waals surface area contributed by atoms with Gasteiger partial charge in [-0.2, -0.15) is 0 Å². The fourth-order valence-electron chi connectivity index (χ4n) is 2.02. The van der Waals surface area contributed by atoms with E-state index >= 15 is 0 Å². The number of hydrogen-bond acceptors (Lipinski definition) is 4. The van der Waals surface area contributed by atoms with E-state index < -0.39 is 17.9 Å². The molecule has 0 aliphatic heterocycles. The molecule has 0 saturated carbocycles. The van der Waals surface area contributed by atoms with Crippen molar-refractivity contribution in [3.8, 4) is 11.5 Å². The number of hydrogen-bond donors (Lipinski definition) is 2. The first-order valence-corrected chi connectivity index (χ1v) is 7.54. The lowest BCUT2D eigenvalue weighted by Gasteiger charge is -2.10. The Morgan fingerprint density at radius 2 is 1.65 bits per heavy atom.